The molecule has 23 heavy (non-hydrogen) atoms. The smallest absolute Gasteiger partial charge is 0.147 e. The van der Waals surface area contributed by atoms with Crippen LogP contribution in [0.4, 0.5) is 5.82 Å². The van der Waals surface area contributed by atoms with E-state index in [1.165, 1.54) is 5.56 Å². The van der Waals surface area contributed by atoms with E-state index in [1.54, 1.807) is 23.9 Å². The minimum Gasteiger partial charge on any atom is -0.365 e. The summed E-state index contributed by atoms with van der Waals surface area (Å²) in [6, 6.07) is 6.13. The van der Waals surface area contributed by atoms with Crippen molar-refractivity contribution in [3.05, 3.63) is 53.7 Å². The van der Waals surface area contributed by atoms with Crippen molar-refractivity contribution in [2.45, 2.75) is 20.4 Å². The highest BCUT2D eigenvalue weighted by Crippen LogP contribution is 2.35. The molecule has 0 atom stereocenters. The third kappa shape index (κ3) is 2.51. The normalized spacial score (nSPS) is 11.2. The molecule has 4 aromatic rings. The summed E-state index contributed by atoms with van der Waals surface area (Å²) < 4.78 is 1.05. The second kappa shape index (κ2) is 5.55. The number of thiophene rings is 1. The first-order valence-electron chi connectivity index (χ1n) is 7.36. The Morgan fingerprint density at radius 2 is 2.13 bits per heavy atom. The van der Waals surface area contributed by atoms with E-state index in [4.69, 9.17) is 0 Å². The molecule has 5 nitrogen and oxygen atoms in total. The average Bonchev–Trinajstić information content (AvgIpc) is 2.92. The zero-order chi connectivity index (χ0) is 15.8. The summed E-state index contributed by atoms with van der Waals surface area (Å²) in [5.74, 6) is 0.845. The second-order valence-electron chi connectivity index (χ2n) is 5.46. The highest BCUT2D eigenvalue weighted by Gasteiger charge is 2.13. The fourth-order valence-corrected chi connectivity index (χ4v) is 3.63. The molecule has 4 rings (SSSR count). The van der Waals surface area contributed by atoms with Gasteiger partial charge in [0.25, 0.3) is 0 Å². The molecular weight excluding hydrogens is 306 g/mol. The van der Waals surface area contributed by atoms with Crippen molar-refractivity contribution < 1.29 is 0 Å². The Hall–Kier alpha value is -2.60. The highest BCUT2D eigenvalue weighted by molar-refractivity contribution is 7.25. The van der Waals surface area contributed by atoms with Gasteiger partial charge in [-0.25, -0.2) is 15.0 Å². The second-order valence-corrected chi connectivity index (χ2v) is 6.46. The lowest BCUT2D eigenvalue weighted by Gasteiger charge is -2.05. The Kier molecular flexibility index (Phi) is 3.38. The highest BCUT2D eigenvalue weighted by atomic mass is 32.1. The number of fused-ring (bicyclic) bond motifs is 3. The molecule has 0 spiro atoms. The van der Waals surface area contributed by atoms with Crippen LogP contribution in [-0.4, -0.2) is 19.9 Å². The van der Waals surface area contributed by atoms with Gasteiger partial charge in [-0.15, -0.1) is 11.3 Å². The quantitative estimate of drug-likeness (QED) is 0.620. The van der Waals surface area contributed by atoms with Crippen LogP contribution in [0.3, 0.4) is 0 Å². The molecule has 0 amide bonds. The van der Waals surface area contributed by atoms with Gasteiger partial charge in [0.2, 0.25) is 0 Å². The first-order chi connectivity index (χ1) is 11.2. The summed E-state index contributed by atoms with van der Waals surface area (Å²) in [5.41, 5.74) is 4.32. The SMILES string of the molecule is Cc1cc2c(nc1C)sc1c(NCc3cccnc3)ncnc12. The molecule has 0 unspecified atom stereocenters. The van der Waals surface area contributed by atoms with Gasteiger partial charge >= 0.3 is 0 Å². The van der Waals surface area contributed by atoms with Crippen LogP contribution in [0.1, 0.15) is 16.8 Å². The first-order valence-corrected chi connectivity index (χ1v) is 8.18. The summed E-state index contributed by atoms with van der Waals surface area (Å²) in [6.45, 7) is 4.79. The number of aromatic nitrogens is 4. The fourth-order valence-electron chi connectivity index (χ4n) is 2.50. The summed E-state index contributed by atoms with van der Waals surface area (Å²) in [5, 5.41) is 4.48. The summed E-state index contributed by atoms with van der Waals surface area (Å²) in [7, 11) is 0. The minimum atomic E-state index is 0.680. The lowest BCUT2D eigenvalue weighted by molar-refractivity contribution is 1.08. The Labute approximate surface area is 137 Å². The number of nitrogens with one attached hydrogen (secondary N) is 1. The predicted molar refractivity (Wildman–Crippen MR) is 93.8 cm³/mol. The molecule has 0 bridgehead atoms. The van der Waals surface area contributed by atoms with E-state index in [0.717, 1.165) is 37.5 Å². The molecular formula is C17H15N5S. The van der Waals surface area contributed by atoms with Gasteiger partial charge < -0.3 is 5.32 Å². The molecule has 0 aliphatic rings. The lowest BCUT2D eigenvalue weighted by atomic mass is 10.2. The van der Waals surface area contributed by atoms with E-state index in [-0.39, 0.29) is 0 Å². The number of aryl methyl sites for hydroxylation is 2. The van der Waals surface area contributed by atoms with Crippen LogP contribution in [-0.2, 0) is 6.54 Å². The lowest BCUT2D eigenvalue weighted by Crippen LogP contribution is -2.01. The van der Waals surface area contributed by atoms with E-state index in [9.17, 15) is 0 Å². The summed E-state index contributed by atoms with van der Waals surface area (Å²) >= 11 is 1.63. The van der Waals surface area contributed by atoms with Crippen molar-refractivity contribution in [2.75, 3.05) is 5.32 Å². The first kappa shape index (κ1) is 14.0. The van der Waals surface area contributed by atoms with E-state index < -0.39 is 0 Å². The molecule has 0 aliphatic heterocycles. The van der Waals surface area contributed by atoms with E-state index >= 15 is 0 Å². The maximum absolute atomic E-state index is 4.68. The third-order valence-electron chi connectivity index (χ3n) is 3.87. The van der Waals surface area contributed by atoms with Crippen molar-refractivity contribution in [3.63, 3.8) is 0 Å². The molecule has 6 heteroatoms. The molecule has 0 saturated heterocycles. The zero-order valence-electron chi connectivity index (χ0n) is 12.9. The van der Waals surface area contributed by atoms with Gasteiger partial charge in [-0.05, 0) is 37.1 Å². The van der Waals surface area contributed by atoms with Gasteiger partial charge in [0.05, 0.1) is 10.2 Å². The molecule has 0 fully saturated rings. The fraction of sp³-hybridized carbons (Fsp3) is 0.176. The van der Waals surface area contributed by atoms with Crippen LogP contribution < -0.4 is 5.32 Å². The Bertz CT molecular complexity index is 994. The maximum atomic E-state index is 4.68. The van der Waals surface area contributed by atoms with Crippen LogP contribution in [0, 0.1) is 13.8 Å². The Morgan fingerprint density at radius 3 is 2.96 bits per heavy atom. The molecule has 4 heterocycles. The summed E-state index contributed by atoms with van der Waals surface area (Å²) in [6.07, 6.45) is 5.23. The average molecular weight is 321 g/mol. The monoisotopic (exact) mass is 321 g/mol. The van der Waals surface area contributed by atoms with Gasteiger partial charge in [0.1, 0.15) is 17.0 Å². The van der Waals surface area contributed by atoms with Crippen LogP contribution >= 0.6 is 11.3 Å². The van der Waals surface area contributed by atoms with Crippen molar-refractivity contribution in [1.29, 1.82) is 0 Å². The zero-order valence-corrected chi connectivity index (χ0v) is 13.7. The number of nitrogens with zero attached hydrogens (tertiary/aromatic N) is 4. The molecule has 0 aromatic carbocycles. The van der Waals surface area contributed by atoms with Crippen LogP contribution in [0.25, 0.3) is 20.4 Å². The van der Waals surface area contributed by atoms with Crippen LogP contribution in [0.5, 0.6) is 0 Å². The van der Waals surface area contributed by atoms with E-state index in [1.807, 2.05) is 25.3 Å². The largest absolute Gasteiger partial charge is 0.365 e. The van der Waals surface area contributed by atoms with Crippen molar-refractivity contribution in [1.82, 2.24) is 19.9 Å². The van der Waals surface area contributed by atoms with Crippen LogP contribution in [0.15, 0.2) is 36.9 Å². The van der Waals surface area contributed by atoms with Crippen molar-refractivity contribution in [3.8, 4) is 0 Å². The van der Waals surface area contributed by atoms with Gasteiger partial charge in [-0.3, -0.25) is 4.98 Å². The van der Waals surface area contributed by atoms with Gasteiger partial charge in [0.15, 0.2) is 0 Å². The molecule has 0 radical (unpaired) electrons. The standard InChI is InChI=1S/C17H15N5S/c1-10-6-13-14-15(23-17(13)22-11(10)2)16(21-9-20-14)19-8-12-4-3-5-18-7-12/h3-7,9H,8H2,1-2H3,(H,19,20,21). The van der Waals surface area contributed by atoms with Crippen LogP contribution in [0.2, 0.25) is 0 Å². The number of anilines is 1. The molecule has 0 saturated carbocycles. The van der Waals surface area contributed by atoms with E-state index in [2.05, 4.69) is 38.2 Å². The number of hydrogen-bond acceptors (Lipinski definition) is 6. The van der Waals surface area contributed by atoms with Gasteiger partial charge in [-0.2, -0.15) is 0 Å². The Balaban J connectivity index is 1.78. The van der Waals surface area contributed by atoms with E-state index in [0.29, 0.717) is 6.54 Å². The van der Waals surface area contributed by atoms with Gasteiger partial charge in [0, 0.05) is 30.0 Å². The molecule has 0 aliphatic carbocycles. The molecule has 1 N–H and O–H groups in total. The summed E-state index contributed by atoms with van der Waals surface area (Å²) in [4.78, 5) is 18.7. The maximum Gasteiger partial charge on any atom is 0.147 e. The van der Waals surface area contributed by atoms with Crippen molar-refractivity contribution >= 4 is 37.6 Å². The molecule has 114 valence electrons. The topological polar surface area (TPSA) is 63.6 Å². The number of hydrogen-bond donors (Lipinski definition) is 1. The minimum absolute atomic E-state index is 0.680. The predicted octanol–water partition coefficient (Wildman–Crippen LogP) is 3.86. The van der Waals surface area contributed by atoms with Gasteiger partial charge in [-0.1, -0.05) is 6.07 Å². The Morgan fingerprint density at radius 1 is 1.22 bits per heavy atom. The third-order valence-corrected chi connectivity index (χ3v) is 4.97. The number of rotatable bonds is 3. The molecule has 4 aromatic heterocycles. The number of pyridine rings is 2. The van der Waals surface area contributed by atoms with Crippen molar-refractivity contribution in [2.24, 2.45) is 0 Å².